The van der Waals surface area contributed by atoms with Crippen molar-refractivity contribution in [2.45, 2.75) is 58.0 Å². The minimum Gasteiger partial charge on any atom is -0.347 e. The number of rotatable bonds is 5. The second-order valence-corrected chi connectivity index (χ2v) is 7.55. The van der Waals surface area contributed by atoms with Gasteiger partial charge in [-0.1, -0.05) is 18.5 Å². The van der Waals surface area contributed by atoms with Crippen molar-refractivity contribution in [3.63, 3.8) is 0 Å². The number of nitrogens with one attached hydrogen (secondary N) is 2. The molecule has 2 unspecified atom stereocenters. The van der Waals surface area contributed by atoms with Crippen LogP contribution in [0.3, 0.4) is 0 Å². The summed E-state index contributed by atoms with van der Waals surface area (Å²) in [5.74, 6) is -0.304. The molecular formula is C18H26ClN3O2. The number of halogens is 1. The van der Waals surface area contributed by atoms with Crippen molar-refractivity contribution >= 4 is 29.1 Å². The topological polar surface area (TPSA) is 84.2 Å². The number of carbonyl (C=O) groups excluding carboxylic acids is 2. The van der Waals surface area contributed by atoms with Gasteiger partial charge in [0.15, 0.2) is 0 Å². The van der Waals surface area contributed by atoms with Gasteiger partial charge in [-0.15, -0.1) is 0 Å². The van der Waals surface area contributed by atoms with Gasteiger partial charge in [0.25, 0.3) is 5.91 Å². The molecule has 1 fully saturated rings. The molecule has 1 aliphatic carbocycles. The summed E-state index contributed by atoms with van der Waals surface area (Å²) in [5.41, 5.74) is 6.55. The third kappa shape index (κ3) is 4.71. The Kier molecular flexibility index (Phi) is 5.88. The summed E-state index contributed by atoms with van der Waals surface area (Å²) >= 11 is 6.23. The molecule has 2 atom stereocenters. The van der Waals surface area contributed by atoms with Gasteiger partial charge in [-0.05, 0) is 57.7 Å². The van der Waals surface area contributed by atoms with E-state index in [9.17, 15) is 9.59 Å². The summed E-state index contributed by atoms with van der Waals surface area (Å²) in [6.07, 6.45) is 3.22. The smallest absolute Gasteiger partial charge is 0.253 e. The third-order valence-electron chi connectivity index (χ3n) is 4.66. The summed E-state index contributed by atoms with van der Waals surface area (Å²) in [7, 11) is 0. The molecular weight excluding hydrogens is 326 g/mol. The van der Waals surface area contributed by atoms with Gasteiger partial charge < -0.3 is 16.4 Å². The number of benzene rings is 1. The van der Waals surface area contributed by atoms with Gasteiger partial charge in [0.2, 0.25) is 5.91 Å². The molecule has 0 bridgehead atoms. The lowest BCUT2D eigenvalue weighted by molar-refractivity contribution is -0.119. The molecule has 1 aromatic carbocycles. The van der Waals surface area contributed by atoms with Crippen molar-refractivity contribution in [2.24, 2.45) is 11.7 Å². The zero-order valence-corrected chi connectivity index (χ0v) is 15.2. The van der Waals surface area contributed by atoms with Gasteiger partial charge in [0.1, 0.15) is 0 Å². The van der Waals surface area contributed by atoms with Gasteiger partial charge in [0, 0.05) is 23.2 Å². The summed E-state index contributed by atoms with van der Waals surface area (Å²) in [6.45, 7) is 5.93. The molecule has 6 heteroatoms. The minimum absolute atomic E-state index is 0.0386. The molecule has 2 rings (SSSR count). The lowest BCUT2D eigenvalue weighted by atomic mass is 10.0. The Morgan fingerprint density at radius 3 is 2.58 bits per heavy atom. The van der Waals surface area contributed by atoms with E-state index < -0.39 is 0 Å². The maximum absolute atomic E-state index is 12.3. The molecule has 0 radical (unpaired) electrons. The Balaban J connectivity index is 2.04. The summed E-state index contributed by atoms with van der Waals surface area (Å²) in [5, 5.41) is 6.13. The Morgan fingerprint density at radius 2 is 2.04 bits per heavy atom. The van der Waals surface area contributed by atoms with Gasteiger partial charge in [0.05, 0.1) is 10.6 Å². The van der Waals surface area contributed by atoms with E-state index in [1.807, 2.05) is 20.8 Å². The van der Waals surface area contributed by atoms with E-state index in [0.29, 0.717) is 22.7 Å². The SMILES string of the molecule is CCC(C)(C)NC(=O)c1ccc(NC(=O)C2CCC(N)C2)cc1Cl. The van der Waals surface area contributed by atoms with E-state index in [0.717, 1.165) is 19.3 Å². The monoisotopic (exact) mass is 351 g/mol. The van der Waals surface area contributed by atoms with Crippen LogP contribution in [-0.4, -0.2) is 23.4 Å². The van der Waals surface area contributed by atoms with Gasteiger partial charge in [-0.3, -0.25) is 9.59 Å². The second-order valence-electron chi connectivity index (χ2n) is 7.15. The van der Waals surface area contributed by atoms with Crippen LogP contribution in [0.5, 0.6) is 0 Å². The molecule has 4 N–H and O–H groups in total. The first-order chi connectivity index (χ1) is 11.2. The number of hydrogen-bond acceptors (Lipinski definition) is 3. The van der Waals surface area contributed by atoms with Crippen LogP contribution in [0.2, 0.25) is 5.02 Å². The second kappa shape index (κ2) is 7.53. The van der Waals surface area contributed by atoms with Crippen LogP contribution >= 0.6 is 11.6 Å². The van der Waals surface area contributed by atoms with E-state index >= 15 is 0 Å². The number of amides is 2. The molecule has 0 saturated heterocycles. The zero-order valence-electron chi connectivity index (χ0n) is 14.5. The van der Waals surface area contributed by atoms with E-state index in [4.69, 9.17) is 17.3 Å². The molecule has 0 spiro atoms. The quantitative estimate of drug-likeness (QED) is 0.760. The van der Waals surface area contributed by atoms with Crippen molar-refractivity contribution in [2.75, 3.05) is 5.32 Å². The molecule has 1 aliphatic rings. The number of nitrogens with two attached hydrogens (primary N) is 1. The summed E-state index contributed by atoms with van der Waals surface area (Å²) < 4.78 is 0. The largest absolute Gasteiger partial charge is 0.347 e. The fourth-order valence-corrected chi connectivity index (χ4v) is 3.01. The number of hydrogen-bond donors (Lipinski definition) is 3. The average molecular weight is 352 g/mol. The van der Waals surface area contributed by atoms with Gasteiger partial charge in [-0.2, -0.15) is 0 Å². The summed E-state index contributed by atoms with van der Waals surface area (Å²) in [6, 6.07) is 5.06. The highest BCUT2D eigenvalue weighted by Gasteiger charge is 2.28. The summed E-state index contributed by atoms with van der Waals surface area (Å²) in [4.78, 5) is 24.5. The molecule has 0 heterocycles. The Morgan fingerprint density at radius 1 is 1.33 bits per heavy atom. The van der Waals surface area contributed by atoms with Crippen LogP contribution in [0, 0.1) is 5.92 Å². The maximum atomic E-state index is 12.3. The fourth-order valence-electron chi connectivity index (χ4n) is 2.74. The number of carbonyl (C=O) groups is 2. The van der Waals surface area contributed by atoms with Crippen molar-refractivity contribution in [1.82, 2.24) is 5.32 Å². The van der Waals surface area contributed by atoms with Crippen LogP contribution in [0.15, 0.2) is 18.2 Å². The predicted molar refractivity (Wildman–Crippen MR) is 97.2 cm³/mol. The van der Waals surface area contributed by atoms with Crippen LogP contribution < -0.4 is 16.4 Å². The fraction of sp³-hybridized carbons (Fsp3) is 0.556. The van der Waals surface area contributed by atoms with E-state index in [-0.39, 0.29) is 29.3 Å². The molecule has 2 amide bonds. The Bertz CT molecular complexity index is 631. The standard InChI is InChI=1S/C18H26ClN3O2/c1-4-18(2,3)22-17(24)14-8-7-13(10-15(14)19)21-16(23)11-5-6-12(20)9-11/h7-8,10-12H,4-6,9,20H2,1-3H3,(H,21,23)(H,22,24). The molecule has 132 valence electrons. The van der Waals surface area contributed by atoms with Crippen molar-refractivity contribution < 1.29 is 9.59 Å². The van der Waals surface area contributed by atoms with Crippen molar-refractivity contribution in [1.29, 1.82) is 0 Å². The van der Waals surface area contributed by atoms with Crippen molar-refractivity contribution in [3.05, 3.63) is 28.8 Å². The van der Waals surface area contributed by atoms with Crippen LogP contribution in [0.4, 0.5) is 5.69 Å². The average Bonchev–Trinajstić information content (AvgIpc) is 2.93. The predicted octanol–water partition coefficient (Wildman–Crippen LogP) is 3.32. The molecule has 0 aromatic heterocycles. The van der Waals surface area contributed by atoms with Crippen LogP contribution in [-0.2, 0) is 4.79 Å². The lowest BCUT2D eigenvalue weighted by Gasteiger charge is -2.24. The third-order valence-corrected chi connectivity index (χ3v) is 4.97. The molecule has 1 aromatic rings. The van der Waals surface area contributed by atoms with Crippen molar-refractivity contribution in [3.8, 4) is 0 Å². The highest BCUT2D eigenvalue weighted by molar-refractivity contribution is 6.34. The normalized spacial score (nSPS) is 20.7. The van der Waals surface area contributed by atoms with Gasteiger partial charge >= 0.3 is 0 Å². The van der Waals surface area contributed by atoms with E-state index in [1.54, 1.807) is 18.2 Å². The molecule has 0 aliphatic heterocycles. The highest BCUT2D eigenvalue weighted by atomic mass is 35.5. The first-order valence-electron chi connectivity index (χ1n) is 8.40. The zero-order chi connectivity index (χ0) is 17.9. The highest BCUT2D eigenvalue weighted by Crippen LogP contribution is 2.27. The first-order valence-corrected chi connectivity index (χ1v) is 8.78. The van der Waals surface area contributed by atoms with Crippen LogP contribution in [0.1, 0.15) is 56.8 Å². The molecule has 5 nitrogen and oxygen atoms in total. The minimum atomic E-state index is -0.297. The van der Waals surface area contributed by atoms with Gasteiger partial charge in [-0.25, -0.2) is 0 Å². The lowest BCUT2D eigenvalue weighted by Crippen LogP contribution is -2.42. The molecule has 24 heavy (non-hydrogen) atoms. The van der Waals surface area contributed by atoms with E-state index in [1.165, 1.54) is 0 Å². The van der Waals surface area contributed by atoms with Crippen LogP contribution in [0.25, 0.3) is 0 Å². The molecule has 1 saturated carbocycles. The number of anilines is 1. The Hall–Kier alpha value is -1.59. The maximum Gasteiger partial charge on any atom is 0.253 e. The Labute approximate surface area is 148 Å². The first kappa shape index (κ1) is 18.7. The van der Waals surface area contributed by atoms with E-state index in [2.05, 4.69) is 10.6 Å².